The van der Waals surface area contributed by atoms with Crippen molar-refractivity contribution in [2.24, 2.45) is 0 Å². The molecule has 0 radical (unpaired) electrons. The molecule has 0 amide bonds. The smallest absolute Gasteiger partial charge is 0.263 e. The molecule has 0 unspecified atom stereocenters. The third-order valence-corrected chi connectivity index (χ3v) is 6.58. The second-order valence-corrected chi connectivity index (χ2v) is 9.46. The van der Waals surface area contributed by atoms with E-state index in [1.54, 1.807) is 36.6 Å². The van der Waals surface area contributed by atoms with Crippen molar-refractivity contribution >= 4 is 27.0 Å². The number of hydrogen-bond donors (Lipinski definition) is 2. The highest BCUT2D eigenvalue weighted by Crippen LogP contribution is 2.43. The summed E-state index contributed by atoms with van der Waals surface area (Å²) in [5.41, 5.74) is 0.615. The minimum Gasteiger partial charge on any atom is -0.394 e. The van der Waals surface area contributed by atoms with Crippen LogP contribution < -0.4 is 4.72 Å². The summed E-state index contributed by atoms with van der Waals surface area (Å²) in [5, 5.41) is 9.70. The fourth-order valence-electron chi connectivity index (χ4n) is 3.93. The summed E-state index contributed by atoms with van der Waals surface area (Å²) in [7, 11) is -3.86. The Bertz CT molecular complexity index is 1220. The molecule has 11 nitrogen and oxygen atoms in total. The maximum atomic E-state index is 12.7. The highest BCUT2D eigenvalue weighted by Gasteiger charge is 2.56. The molecule has 164 valence electrons. The molecule has 12 heteroatoms. The van der Waals surface area contributed by atoms with Gasteiger partial charge in [0.1, 0.15) is 24.6 Å². The zero-order chi connectivity index (χ0) is 21.8. The lowest BCUT2D eigenvalue weighted by Crippen LogP contribution is -2.31. The van der Waals surface area contributed by atoms with Gasteiger partial charge in [-0.15, -0.1) is 0 Å². The first-order chi connectivity index (χ1) is 14.8. The van der Waals surface area contributed by atoms with E-state index in [2.05, 4.69) is 19.7 Å². The maximum absolute atomic E-state index is 12.7. The third-order valence-electron chi connectivity index (χ3n) is 5.22. The van der Waals surface area contributed by atoms with Gasteiger partial charge in [0.05, 0.1) is 17.8 Å². The molecule has 2 saturated heterocycles. The Balaban J connectivity index is 1.51. The number of nitrogens with zero attached hydrogens (tertiary/aromatic N) is 4. The van der Waals surface area contributed by atoms with Gasteiger partial charge < -0.3 is 19.3 Å². The van der Waals surface area contributed by atoms with Crippen molar-refractivity contribution < 1.29 is 27.7 Å². The second-order valence-electron chi connectivity index (χ2n) is 7.78. The molecule has 2 aliphatic rings. The molecular formula is C19H21N5O6S. The quantitative estimate of drug-likeness (QED) is 0.587. The number of anilines is 1. The predicted molar refractivity (Wildman–Crippen MR) is 107 cm³/mol. The molecule has 4 atom stereocenters. The van der Waals surface area contributed by atoms with Gasteiger partial charge in [-0.1, -0.05) is 18.2 Å². The average molecular weight is 447 g/mol. The minimum atomic E-state index is -3.86. The number of imidazole rings is 1. The molecule has 4 heterocycles. The van der Waals surface area contributed by atoms with Gasteiger partial charge in [0.25, 0.3) is 10.0 Å². The van der Waals surface area contributed by atoms with Crippen molar-refractivity contribution in [2.45, 2.75) is 49.1 Å². The first-order valence-corrected chi connectivity index (χ1v) is 11.1. The van der Waals surface area contributed by atoms with Crippen molar-refractivity contribution in [3.8, 4) is 0 Å². The van der Waals surface area contributed by atoms with Gasteiger partial charge >= 0.3 is 0 Å². The standard InChI is InChI=1S/C19H21N5O6S/c1-19(2)29-14-12(8-25)28-18(15(14)30-19)24-10-22-13-16(20-9-21-17(13)24)23-31(26,27)11-6-4-3-5-7-11/h3-7,9-10,12,14-15,18,25H,8H2,1-2H3,(H,20,21,23)/t12-,14-,15-,18-/m1/s1. The number of sulfonamides is 1. The molecule has 0 aliphatic carbocycles. The molecule has 0 bridgehead atoms. The number of hydrogen-bond acceptors (Lipinski definition) is 9. The minimum absolute atomic E-state index is 0.0461. The third kappa shape index (κ3) is 3.46. The first kappa shape index (κ1) is 20.3. The monoisotopic (exact) mass is 447 g/mol. The van der Waals surface area contributed by atoms with Crippen LogP contribution in [-0.2, 0) is 24.2 Å². The fourth-order valence-corrected chi connectivity index (χ4v) is 4.97. The molecule has 2 N–H and O–H groups in total. The molecule has 2 aliphatic heterocycles. The summed E-state index contributed by atoms with van der Waals surface area (Å²) in [6.07, 6.45) is 0.532. The van der Waals surface area contributed by atoms with E-state index in [0.29, 0.717) is 5.65 Å². The Morgan fingerprint density at radius 2 is 1.87 bits per heavy atom. The predicted octanol–water partition coefficient (Wildman–Crippen LogP) is 1.04. The molecule has 1 aromatic carbocycles. The fraction of sp³-hybridized carbons (Fsp3) is 0.421. The number of aromatic nitrogens is 4. The van der Waals surface area contributed by atoms with Crippen LogP contribution in [0.3, 0.4) is 0 Å². The molecule has 5 rings (SSSR count). The van der Waals surface area contributed by atoms with Crippen molar-refractivity contribution in [2.75, 3.05) is 11.3 Å². The molecule has 0 saturated carbocycles. The molecule has 2 aromatic heterocycles. The van der Waals surface area contributed by atoms with Gasteiger partial charge in [0, 0.05) is 0 Å². The van der Waals surface area contributed by atoms with Crippen LogP contribution in [0.1, 0.15) is 20.1 Å². The highest BCUT2D eigenvalue weighted by molar-refractivity contribution is 7.92. The van der Waals surface area contributed by atoms with E-state index < -0.39 is 40.4 Å². The van der Waals surface area contributed by atoms with Crippen LogP contribution in [0.15, 0.2) is 47.9 Å². The van der Waals surface area contributed by atoms with E-state index in [4.69, 9.17) is 14.2 Å². The van der Waals surface area contributed by atoms with Crippen LogP contribution in [0.4, 0.5) is 5.82 Å². The Morgan fingerprint density at radius 1 is 1.13 bits per heavy atom. The SMILES string of the molecule is CC1(C)O[C@@H]2[C@H](O1)[C@@H](CO)O[C@H]2n1cnc2c(NS(=O)(=O)c3ccccc3)ncnc21. The van der Waals surface area contributed by atoms with E-state index in [9.17, 15) is 13.5 Å². The van der Waals surface area contributed by atoms with Gasteiger partial charge in [-0.25, -0.2) is 23.4 Å². The molecule has 0 spiro atoms. The number of rotatable bonds is 5. The van der Waals surface area contributed by atoms with E-state index >= 15 is 0 Å². The normalized spacial score (nSPS) is 27.5. The zero-order valence-corrected chi connectivity index (χ0v) is 17.6. The summed E-state index contributed by atoms with van der Waals surface area (Å²) < 4.78 is 47.4. The van der Waals surface area contributed by atoms with Crippen LogP contribution >= 0.6 is 0 Å². The number of benzene rings is 1. The van der Waals surface area contributed by atoms with Gasteiger partial charge in [-0.3, -0.25) is 9.29 Å². The highest BCUT2D eigenvalue weighted by atomic mass is 32.2. The van der Waals surface area contributed by atoms with Gasteiger partial charge in [-0.05, 0) is 26.0 Å². The summed E-state index contributed by atoms with van der Waals surface area (Å²) in [5.74, 6) is -0.781. The largest absolute Gasteiger partial charge is 0.394 e. The van der Waals surface area contributed by atoms with E-state index in [1.165, 1.54) is 24.8 Å². The Labute approximate surface area is 178 Å². The van der Waals surface area contributed by atoms with Gasteiger partial charge in [-0.2, -0.15) is 0 Å². The van der Waals surface area contributed by atoms with E-state index in [-0.39, 0.29) is 22.8 Å². The number of nitrogens with one attached hydrogen (secondary N) is 1. The van der Waals surface area contributed by atoms with Crippen LogP contribution in [0.5, 0.6) is 0 Å². The molecule has 2 fully saturated rings. The Hall–Kier alpha value is -2.64. The van der Waals surface area contributed by atoms with Crippen molar-refractivity contribution in [3.63, 3.8) is 0 Å². The second kappa shape index (κ2) is 7.21. The summed E-state index contributed by atoms with van der Waals surface area (Å²) in [6, 6.07) is 7.97. The molecular weight excluding hydrogens is 426 g/mol. The van der Waals surface area contributed by atoms with Crippen LogP contribution in [0.25, 0.3) is 11.2 Å². The van der Waals surface area contributed by atoms with E-state index in [1.807, 2.05) is 0 Å². The summed E-state index contributed by atoms with van der Waals surface area (Å²) in [4.78, 5) is 12.7. The van der Waals surface area contributed by atoms with Gasteiger partial charge in [0.2, 0.25) is 0 Å². The Kier molecular flexibility index (Phi) is 4.71. The topological polar surface area (TPSA) is 138 Å². The molecule has 31 heavy (non-hydrogen) atoms. The summed E-state index contributed by atoms with van der Waals surface area (Å²) in [6.45, 7) is 3.35. The van der Waals surface area contributed by atoms with Crippen LogP contribution in [0, 0.1) is 0 Å². The number of fused-ring (bicyclic) bond motifs is 2. The number of aliphatic hydroxyl groups is 1. The van der Waals surface area contributed by atoms with Crippen molar-refractivity contribution in [1.29, 1.82) is 0 Å². The molecule has 3 aromatic rings. The van der Waals surface area contributed by atoms with Crippen LogP contribution in [0.2, 0.25) is 0 Å². The number of ether oxygens (including phenoxy) is 3. The average Bonchev–Trinajstić information content (AvgIpc) is 3.39. The van der Waals surface area contributed by atoms with E-state index in [0.717, 1.165) is 0 Å². The number of aliphatic hydroxyl groups excluding tert-OH is 1. The van der Waals surface area contributed by atoms with Crippen LogP contribution in [-0.4, -0.2) is 63.7 Å². The Morgan fingerprint density at radius 3 is 2.61 bits per heavy atom. The summed E-state index contributed by atoms with van der Waals surface area (Å²) >= 11 is 0. The van der Waals surface area contributed by atoms with Crippen molar-refractivity contribution in [3.05, 3.63) is 43.0 Å². The van der Waals surface area contributed by atoms with Gasteiger partial charge in [0.15, 0.2) is 29.0 Å². The lowest BCUT2D eigenvalue weighted by atomic mass is 10.1. The zero-order valence-electron chi connectivity index (χ0n) is 16.7. The first-order valence-electron chi connectivity index (χ1n) is 9.66. The maximum Gasteiger partial charge on any atom is 0.263 e. The lowest BCUT2D eigenvalue weighted by Gasteiger charge is -2.24. The lowest BCUT2D eigenvalue weighted by molar-refractivity contribution is -0.199. The van der Waals surface area contributed by atoms with Crippen molar-refractivity contribution in [1.82, 2.24) is 19.5 Å².